The zero-order chi connectivity index (χ0) is 12.9. The van der Waals surface area contributed by atoms with E-state index in [4.69, 9.17) is 9.47 Å². The highest BCUT2D eigenvalue weighted by Crippen LogP contribution is 2.02. The first-order valence-electron chi connectivity index (χ1n) is 7.00. The Morgan fingerprint density at radius 1 is 1.12 bits per heavy atom. The topological polar surface area (TPSA) is 30.5 Å². The van der Waals surface area contributed by atoms with Crippen molar-refractivity contribution in [1.29, 1.82) is 0 Å². The van der Waals surface area contributed by atoms with Crippen LogP contribution < -0.4 is 5.32 Å². The first-order valence-corrected chi connectivity index (χ1v) is 7.00. The molecule has 0 aromatic heterocycles. The van der Waals surface area contributed by atoms with Gasteiger partial charge in [-0.05, 0) is 38.1 Å². The third-order valence-electron chi connectivity index (χ3n) is 2.73. The quantitative estimate of drug-likeness (QED) is 0.536. The average molecular weight is 245 g/mol. The number of methoxy groups -OCH3 is 1. The van der Waals surface area contributed by atoms with E-state index in [0.29, 0.717) is 6.04 Å². The van der Waals surface area contributed by atoms with Crippen LogP contribution in [0.1, 0.15) is 46.5 Å². The molecule has 3 nitrogen and oxygen atoms in total. The van der Waals surface area contributed by atoms with Crippen LogP contribution in [-0.2, 0) is 9.47 Å². The van der Waals surface area contributed by atoms with Crippen molar-refractivity contribution in [3.8, 4) is 0 Å². The molecule has 0 aliphatic rings. The van der Waals surface area contributed by atoms with Gasteiger partial charge in [0.1, 0.15) is 0 Å². The van der Waals surface area contributed by atoms with Crippen LogP contribution in [0.15, 0.2) is 0 Å². The summed E-state index contributed by atoms with van der Waals surface area (Å²) in [6.45, 7) is 10.3. The van der Waals surface area contributed by atoms with Gasteiger partial charge >= 0.3 is 0 Å². The van der Waals surface area contributed by atoms with E-state index >= 15 is 0 Å². The molecule has 17 heavy (non-hydrogen) atoms. The standard InChI is InChI=1S/C14H31NO2/c1-5-9-15-14(12-16-4)7-6-10-17-11-8-13(2)3/h13-15H,5-12H2,1-4H3. The van der Waals surface area contributed by atoms with E-state index in [0.717, 1.165) is 51.5 Å². The summed E-state index contributed by atoms with van der Waals surface area (Å²) in [7, 11) is 1.76. The maximum atomic E-state index is 5.61. The summed E-state index contributed by atoms with van der Waals surface area (Å²) in [6, 6.07) is 0.480. The molecule has 0 heterocycles. The predicted molar refractivity (Wildman–Crippen MR) is 73.5 cm³/mol. The van der Waals surface area contributed by atoms with E-state index in [2.05, 4.69) is 26.1 Å². The first kappa shape index (κ1) is 16.9. The van der Waals surface area contributed by atoms with Crippen LogP contribution in [0, 0.1) is 5.92 Å². The smallest absolute Gasteiger partial charge is 0.0615 e. The monoisotopic (exact) mass is 245 g/mol. The zero-order valence-corrected chi connectivity index (χ0v) is 12.1. The Kier molecular flexibility index (Phi) is 12.3. The van der Waals surface area contributed by atoms with Gasteiger partial charge in [0.15, 0.2) is 0 Å². The lowest BCUT2D eigenvalue weighted by molar-refractivity contribution is 0.110. The molecule has 0 radical (unpaired) electrons. The molecule has 0 saturated carbocycles. The van der Waals surface area contributed by atoms with E-state index in [1.54, 1.807) is 7.11 Å². The van der Waals surface area contributed by atoms with Crippen molar-refractivity contribution in [3.05, 3.63) is 0 Å². The Morgan fingerprint density at radius 2 is 1.88 bits per heavy atom. The van der Waals surface area contributed by atoms with Crippen molar-refractivity contribution in [2.24, 2.45) is 5.92 Å². The van der Waals surface area contributed by atoms with E-state index in [1.165, 1.54) is 6.42 Å². The van der Waals surface area contributed by atoms with Gasteiger partial charge in [-0.2, -0.15) is 0 Å². The lowest BCUT2D eigenvalue weighted by atomic mass is 10.1. The number of nitrogens with one attached hydrogen (secondary N) is 1. The average Bonchev–Trinajstić information content (AvgIpc) is 2.29. The van der Waals surface area contributed by atoms with Gasteiger partial charge in [-0.3, -0.25) is 0 Å². The number of hydrogen-bond acceptors (Lipinski definition) is 3. The fraction of sp³-hybridized carbons (Fsp3) is 1.00. The molecule has 0 spiro atoms. The fourth-order valence-electron chi connectivity index (χ4n) is 1.65. The molecule has 0 saturated heterocycles. The Morgan fingerprint density at radius 3 is 2.47 bits per heavy atom. The molecule has 0 aliphatic heterocycles. The molecular formula is C14H31NO2. The Bertz CT molecular complexity index is 151. The van der Waals surface area contributed by atoms with Gasteiger partial charge in [0, 0.05) is 26.4 Å². The van der Waals surface area contributed by atoms with Crippen LogP contribution in [-0.4, -0.2) is 39.5 Å². The molecule has 104 valence electrons. The van der Waals surface area contributed by atoms with Gasteiger partial charge < -0.3 is 14.8 Å². The largest absolute Gasteiger partial charge is 0.383 e. The van der Waals surface area contributed by atoms with Crippen molar-refractivity contribution in [3.63, 3.8) is 0 Å². The number of ether oxygens (including phenoxy) is 2. The molecule has 0 rings (SSSR count). The zero-order valence-electron chi connectivity index (χ0n) is 12.1. The normalized spacial score (nSPS) is 13.2. The molecule has 1 unspecified atom stereocenters. The fourth-order valence-corrected chi connectivity index (χ4v) is 1.65. The van der Waals surface area contributed by atoms with Gasteiger partial charge in [0.25, 0.3) is 0 Å². The molecule has 3 heteroatoms. The van der Waals surface area contributed by atoms with E-state index in [1.807, 2.05) is 0 Å². The third-order valence-corrected chi connectivity index (χ3v) is 2.73. The van der Waals surface area contributed by atoms with E-state index in [9.17, 15) is 0 Å². The highest BCUT2D eigenvalue weighted by molar-refractivity contribution is 4.65. The number of rotatable bonds is 12. The summed E-state index contributed by atoms with van der Waals surface area (Å²) in [6.07, 6.45) is 4.58. The Hall–Kier alpha value is -0.120. The SMILES string of the molecule is CCCNC(CCCOCCC(C)C)COC. The molecule has 1 atom stereocenters. The maximum absolute atomic E-state index is 5.61. The molecule has 1 N–H and O–H groups in total. The van der Waals surface area contributed by atoms with E-state index in [-0.39, 0.29) is 0 Å². The van der Waals surface area contributed by atoms with Crippen LogP contribution in [0.25, 0.3) is 0 Å². The highest BCUT2D eigenvalue weighted by Gasteiger charge is 2.06. The van der Waals surface area contributed by atoms with Gasteiger partial charge in [-0.25, -0.2) is 0 Å². The van der Waals surface area contributed by atoms with Crippen molar-refractivity contribution in [2.75, 3.05) is 33.5 Å². The summed E-state index contributed by atoms with van der Waals surface area (Å²) >= 11 is 0. The van der Waals surface area contributed by atoms with E-state index < -0.39 is 0 Å². The molecule has 0 bridgehead atoms. The Balaban J connectivity index is 3.40. The van der Waals surface area contributed by atoms with Crippen molar-refractivity contribution in [2.45, 2.75) is 52.5 Å². The van der Waals surface area contributed by atoms with Crippen LogP contribution >= 0.6 is 0 Å². The van der Waals surface area contributed by atoms with Crippen LogP contribution in [0.3, 0.4) is 0 Å². The van der Waals surface area contributed by atoms with Crippen LogP contribution in [0.4, 0.5) is 0 Å². The minimum atomic E-state index is 0.480. The molecule has 0 aliphatic carbocycles. The first-order chi connectivity index (χ1) is 8.20. The summed E-state index contributed by atoms with van der Waals surface area (Å²) < 4.78 is 10.8. The predicted octanol–water partition coefficient (Wildman–Crippen LogP) is 2.84. The second kappa shape index (κ2) is 12.3. The van der Waals surface area contributed by atoms with Crippen LogP contribution in [0.2, 0.25) is 0 Å². The molecule has 0 aromatic rings. The van der Waals surface area contributed by atoms with Gasteiger partial charge in [0.2, 0.25) is 0 Å². The molecule has 0 aromatic carbocycles. The summed E-state index contributed by atoms with van der Waals surface area (Å²) in [4.78, 5) is 0. The van der Waals surface area contributed by atoms with Gasteiger partial charge in [0.05, 0.1) is 6.61 Å². The second-order valence-corrected chi connectivity index (χ2v) is 5.04. The molecule has 0 amide bonds. The second-order valence-electron chi connectivity index (χ2n) is 5.04. The number of hydrogen-bond donors (Lipinski definition) is 1. The van der Waals surface area contributed by atoms with Crippen molar-refractivity contribution < 1.29 is 9.47 Å². The summed E-state index contributed by atoms with van der Waals surface area (Å²) in [5.74, 6) is 0.738. The lowest BCUT2D eigenvalue weighted by Crippen LogP contribution is -2.34. The van der Waals surface area contributed by atoms with Crippen molar-refractivity contribution in [1.82, 2.24) is 5.32 Å². The minimum Gasteiger partial charge on any atom is -0.383 e. The lowest BCUT2D eigenvalue weighted by Gasteiger charge is -2.17. The Labute approximate surface area is 107 Å². The summed E-state index contributed by atoms with van der Waals surface area (Å²) in [5, 5.41) is 3.50. The van der Waals surface area contributed by atoms with Crippen molar-refractivity contribution >= 4 is 0 Å². The third kappa shape index (κ3) is 12.1. The molecule has 0 fully saturated rings. The molecular weight excluding hydrogens is 214 g/mol. The van der Waals surface area contributed by atoms with Crippen LogP contribution in [0.5, 0.6) is 0 Å². The summed E-state index contributed by atoms with van der Waals surface area (Å²) in [5.41, 5.74) is 0. The van der Waals surface area contributed by atoms with Gasteiger partial charge in [-0.1, -0.05) is 20.8 Å². The minimum absolute atomic E-state index is 0.480. The highest BCUT2D eigenvalue weighted by atomic mass is 16.5. The maximum Gasteiger partial charge on any atom is 0.0615 e. The van der Waals surface area contributed by atoms with Gasteiger partial charge in [-0.15, -0.1) is 0 Å².